The van der Waals surface area contributed by atoms with Crippen LogP contribution >= 0.6 is 0 Å². The van der Waals surface area contributed by atoms with E-state index in [1.807, 2.05) is 0 Å². The fourth-order valence-corrected chi connectivity index (χ4v) is 2.21. The van der Waals surface area contributed by atoms with Gasteiger partial charge in [-0.2, -0.15) is 0 Å². The molecule has 0 aliphatic carbocycles. The molecule has 0 saturated carbocycles. The number of hydrogen-bond acceptors (Lipinski definition) is 6. The van der Waals surface area contributed by atoms with E-state index < -0.39 is 10.1 Å². The second-order valence-electron chi connectivity index (χ2n) is 4.87. The van der Waals surface area contributed by atoms with Crippen molar-refractivity contribution in [3.8, 4) is 0 Å². The molecule has 0 aromatic carbocycles. The van der Waals surface area contributed by atoms with Gasteiger partial charge in [0.05, 0.1) is 36.5 Å². The van der Waals surface area contributed by atoms with Gasteiger partial charge in [-0.05, 0) is 19.3 Å². The molecule has 0 unspecified atom stereocenters. The quantitative estimate of drug-likeness (QED) is 0.201. The number of ether oxygens (including phenoxy) is 3. The van der Waals surface area contributed by atoms with E-state index in [4.69, 9.17) is 14.2 Å². The van der Waals surface area contributed by atoms with Gasteiger partial charge in [0, 0.05) is 19.0 Å². The maximum Gasteiger partial charge on any atom is 1.00 e. The minimum absolute atomic E-state index is 0. The molecule has 0 spiro atoms. The molecular weight excluding hydrogens is 319 g/mol. The molecule has 8 heteroatoms. The molecule has 22 heavy (non-hydrogen) atoms. The Morgan fingerprint density at radius 3 is 1.64 bits per heavy atom. The van der Waals surface area contributed by atoms with E-state index in [2.05, 4.69) is 6.92 Å². The Morgan fingerprint density at radius 2 is 1.18 bits per heavy atom. The maximum atomic E-state index is 10.3. The van der Waals surface area contributed by atoms with Gasteiger partial charge in [-0.3, -0.25) is 0 Å². The summed E-state index contributed by atoms with van der Waals surface area (Å²) in [4.78, 5) is 0. The minimum atomic E-state index is -4.09. The van der Waals surface area contributed by atoms with Crippen molar-refractivity contribution in [2.45, 2.75) is 45.4 Å². The van der Waals surface area contributed by atoms with Gasteiger partial charge in [-0.15, -0.1) is 0 Å². The van der Waals surface area contributed by atoms with Crippen LogP contribution < -0.4 is 29.6 Å². The molecule has 0 saturated heterocycles. The van der Waals surface area contributed by atoms with E-state index in [9.17, 15) is 13.0 Å². The van der Waals surface area contributed by atoms with Crippen LogP contribution in [0.5, 0.6) is 0 Å². The van der Waals surface area contributed by atoms with Crippen LogP contribution in [0, 0.1) is 0 Å². The Labute approximate surface area is 157 Å². The molecule has 0 N–H and O–H groups in total. The molecule has 0 aliphatic rings. The Morgan fingerprint density at radius 1 is 0.727 bits per heavy atom. The monoisotopic (exact) mass is 348 g/mol. The summed E-state index contributed by atoms with van der Waals surface area (Å²) < 4.78 is 47.0. The van der Waals surface area contributed by atoms with E-state index in [0.29, 0.717) is 45.9 Å². The van der Waals surface area contributed by atoms with Crippen LogP contribution in [-0.2, 0) is 24.3 Å². The summed E-state index contributed by atoms with van der Waals surface area (Å²) in [5.41, 5.74) is 0. The summed E-state index contributed by atoms with van der Waals surface area (Å²) in [6.45, 7) is 5.57. The van der Waals surface area contributed by atoms with Crippen molar-refractivity contribution in [2.24, 2.45) is 0 Å². The predicted molar refractivity (Wildman–Crippen MR) is 80.4 cm³/mol. The van der Waals surface area contributed by atoms with Gasteiger partial charge in [0.1, 0.15) is 0 Å². The summed E-state index contributed by atoms with van der Waals surface area (Å²) in [6, 6.07) is 0. The first-order valence-electron chi connectivity index (χ1n) is 7.73. The van der Waals surface area contributed by atoms with Crippen molar-refractivity contribution in [1.82, 2.24) is 0 Å². The number of unbranched alkanes of at least 4 members (excludes halogenated alkanes) is 4. The third-order valence-corrected chi connectivity index (χ3v) is 3.61. The Hall–Kier alpha value is 0.790. The molecule has 0 heterocycles. The molecule has 0 fully saturated rings. The van der Waals surface area contributed by atoms with Crippen molar-refractivity contribution in [1.29, 1.82) is 0 Å². The smallest absolute Gasteiger partial charge is 0.748 e. The summed E-state index contributed by atoms with van der Waals surface area (Å²) >= 11 is 0. The van der Waals surface area contributed by atoms with Gasteiger partial charge in [-0.25, -0.2) is 8.42 Å². The first-order valence-corrected chi connectivity index (χ1v) is 9.31. The topological polar surface area (TPSA) is 84.9 Å². The maximum absolute atomic E-state index is 10.3. The SMILES string of the molecule is CCCCCCOCCOCCOCCCCS(=O)(=O)[O-].[Na+]. The first kappa shape index (κ1) is 25.0. The van der Waals surface area contributed by atoms with E-state index in [1.54, 1.807) is 0 Å². The summed E-state index contributed by atoms with van der Waals surface area (Å²) in [6.07, 6.45) is 5.74. The number of rotatable bonds is 16. The average molecular weight is 348 g/mol. The van der Waals surface area contributed by atoms with Gasteiger partial charge in [0.25, 0.3) is 0 Å². The largest absolute Gasteiger partial charge is 1.00 e. The Bertz CT molecular complexity index is 310. The third kappa shape index (κ3) is 23.1. The molecule has 0 aliphatic heterocycles. The number of hydrogen-bond donors (Lipinski definition) is 0. The minimum Gasteiger partial charge on any atom is -0.748 e. The Kier molecular flexibility index (Phi) is 20.6. The second-order valence-corrected chi connectivity index (χ2v) is 6.39. The third-order valence-electron chi connectivity index (χ3n) is 2.82. The van der Waals surface area contributed by atoms with Crippen molar-refractivity contribution < 1.29 is 56.7 Å². The van der Waals surface area contributed by atoms with E-state index in [0.717, 1.165) is 13.0 Å². The molecular formula is C14H29NaO6S. The zero-order chi connectivity index (χ0) is 15.8. The van der Waals surface area contributed by atoms with Gasteiger partial charge >= 0.3 is 29.6 Å². The van der Waals surface area contributed by atoms with Gasteiger partial charge in [-0.1, -0.05) is 26.2 Å². The molecule has 0 bridgehead atoms. The fourth-order valence-electron chi connectivity index (χ4n) is 1.66. The van der Waals surface area contributed by atoms with Gasteiger partial charge in [0.2, 0.25) is 0 Å². The van der Waals surface area contributed by atoms with Crippen LogP contribution in [0.1, 0.15) is 45.4 Å². The van der Waals surface area contributed by atoms with Gasteiger partial charge < -0.3 is 18.8 Å². The molecule has 128 valence electrons. The first-order chi connectivity index (χ1) is 10.1. The van der Waals surface area contributed by atoms with E-state index in [1.165, 1.54) is 19.3 Å². The van der Waals surface area contributed by atoms with E-state index >= 15 is 0 Å². The molecule has 0 radical (unpaired) electrons. The van der Waals surface area contributed by atoms with Crippen LogP contribution in [0.15, 0.2) is 0 Å². The predicted octanol–water partition coefficient (Wildman–Crippen LogP) is -1.05. The van der Waals surface area contributed by atoms with Crippen LogP contribution in [-0.4, -0.2) is 58.4 Å². The van der Waals surface area contributed by atoms with Crippen LogP contribution in [0.3, 0.4) is 0 Å². The fraction of sp³-hybridized carbons (Fsp3) is 1.00. The molecule has 0 aromatic rings. The van der Waals surface area contributed by atoms with Crippen molar-refractivity contribution in [3.05, 3.63) is 0 Å². The molecule has 6 nitrogen and oxygen atoms in total. The summed E-state index contributed by atoms with van der Waals surface area (Å²) in [5.74, 6) is -0.317. The van der Waals surface area contributed by atoms with E-state index in [-0.39, 0.29) is 35.3 Å². The Balaban J connectivity index is 0. The standard InChI is InChI=1S/C14H30O6S.Na/c1-2-3-4-5-8-18-10-12-20-13-11-19-9-6-7-14-21(15,16)17;/h2-14H2,1H3,(H,15,16,17);/q;+1/p-1. The summed E-state index contributed by atoms with van der Waals surface area (Å²) in [5, 5.41) is 0. The van der Waals surface area contributed by atoms with Crippen LogP contribution in [0.4, 0.5) is 0 Å². The second kappa shape index (κ2) is 18.1. The van der Waals surface area contributed by atoms with Crippen molar-refractivity contribution >= 4 is 10.1 Å². The van der Waals surface area contributed by atoms with Crippen molar-refractivity contribution in [3.63, 3.8) is 0 Å². The van der Waals surface area contributed by atoms with Crippen LogP contribution in [0.25, 0.3) is 0 Å². The van der Waals surface area contributed by atoms with Crippen LogP contribution in [0.2, 0.25) is 0 Å². The van der Waals surface area contributed by atoms with Gasteiger partial charge in [0.15, 0.2) is 0 Å². The summed E-state index contributed by atoms with van der Waals surface area (Å²) in [7, 11) is -4.09. The zero-order valence-corrected chi connectivity index (χ0v) is 16.9. The average Bonchev–Trinajstić information content (AvgIpc) is 2.42. The normalized spacial score (nSPS) is 11.4. The molecule has 0 amide bonds. The van der Waals surface area contributed by atoms with Crippen molar-refractivity contribution in [2.75, 3.05) is 45.4 Å². The zero-order valence-electron chi connectivity index (χ0n) is 14.1. The molecule has 0 rings (SSSR count). The molecule has 0 atom stereocenters. The molecule has 0 aromatic heterocycles.